The van der Waals surface area contributed by atoms with Gasteiger partial charge in [0.15, 0.2) is 0 Å². The van der Waals surface area contributed by atoms with Gasteiger partial charge < -0.3 is 4.90 Å². The second-order valence-electron chi connectivity index (χ2n) is 5.15. The van der Waals surface area contributed by atoms with Crippen molar-refractivity contribution in [2.45, 2.75) is 12.8 Å². The molecule has 0 aliphatic carbocycles. The van der Waals surface area contributed by atoms with Crippen LogP contribution in [0.15, 0.2) is 30.3 Å². The highest BCUT2D eigenvalue weighted by Crippen LogP contribution is 2.16. The van der Waals surface area contributed by atoms with E-state index in [2.05, 4.69) is 46.2 Å². The van der Waals surface area contributed by atoms with Crippen molar-refractivity contribution in [2.24, 2.45) is 5.92 Å². The summed E-state index contributed by atoms with van der Waals surface area (Å²) >= 11 is 0. The highest BCUT2D eigenvalue weighted by molar-refractivity contribution is 5.46. The van der Waals surface area contributed by atoms with E-state index in [0.717, 1.165) is 32.7 Å². The Labute approximate surface area is 120 Å². The first kappa shape index (κ1) is 14.4. The van der Waals surface area contributed by atoms with Crippen LogP contribution in [0.1, 0.15) is 12.8 Å². The van der Waals surface area contributed by atoms with Crippen LogP contribution in [0.3, 0.4) is 0 Å². The predicted octanol–water partition coefficient (Wildman–Crippen LogP) is 2.25. The number of rotatable bonds is 5. The van der Waals surface area contributed by atoms with Gasteiger partial charge in [0.2, 0.25) is 0 Å². The van der Waals surface area contributed by atoms with Crippen LogP contribution >= 0.6 is 0 Å². The zero-order valence-electron chi connectivity index (χ0n) is 11.7. The maximum atomic E-state index is 9.12. The van der Waals surface area contributed by atoms with E-state index in [-0.39, 0.29) is 5.92 Å². The summed E-state index contributed by atoms with van der Waals surface area (Å²) in [6.45, 7) is 4.76. The van der Waals surface area contributed by atoms with Crippen LogP contribution in [0.4, 0.5) is 5.69 Å². The SMILES string of the molecule is N#CCC[C@H](C#N)CN1CCN(c2ccccc2)CC1. The van der Waals surface area contributed by atoms with Gasteiger partial charge >= 0.3 is 0 Å². The molecule has 4 heteroatoms. The van der Waals surface area contributed by atoms with E-state index >= 15 is 0 Å². The molecular weight excluding hydrogens is 248 g/mol. The van der Waals surface area contributed by atoms with Crippen LogP contribution in [-0.4, -0.2) is 37.6 Å². The molecule has 1 aliphatic rings. The molecule has 0 aromatic heterocycles. The Kier molecular flexibility index (Phi) is 5.41. The maximum Gasteiger partial charge on any atom is 0.0669 e. The first-order chi connectivity index (χ1) is 9.83. The Hall–Kier alpha value is -2.04. The minimum absolute atomic E-state index is 0.0158. The molecule has 0 saturated carbocycles. The van der Waals surface area contributed by atoms with Gasteiger partial charge in [0.05, 0.1) is 18.1 Å². The van der Waals surface area contributed by atoms with Crippen LogP contribution < -0.4 is 4.90 Å². The average Bonchev–Trinajstić information content (AvgIpc) is 2.53. The Morgan fingerprint density at radius 1 is 1.05 bits per heavy atom. The van der Waals surface area contributed by atoms with Crippen LogP contribution in [0.5, 0.6) is 0 Å². The van der Waals surface area contributed by atoms with E-state index in [1.54, 1.807) is 0 Å². The summed E-state index contributed by atoms with van der Waals surface area (Å²) in [5, 5.41) is 17.7. The van der Waals surface area contributed by atoms with Crippen LogP contribution in [0.25, 0.3) is 0 Å². The second kappa shape index (κ2) is 7.53. The Balaban J connectivity index is 1.80. The molecule has 0 N–H and O–H groups in total. The quantitative estimate of drug-likeness (QED) is 0.822. The van der Waals surface area contributed by atoms with Crippen molar-refractivity contribution in [1.82, 2.24) is 4.90 Å². The highest BCUT2D eigenvalue weighted by Gasteiger charge is 2.19. The summed E-state index contributed by atoms with van der Waals surface area (Å²) in [5.41, 5.74) is 1.27. The molecule has 1 atom stereocenters. The van der Waals surface area contributed by atoms with Crippen molar-refractivity contribution in [3.63, 3.8) is 0 Å². The summed E-state index contributed by atoms with van der Waals surface area (Å²) in [7, 11) is 0. The molecule has 1 saturated heterocycles. The molecule has 0 unspecified atom stereocenters. The van der Waals surface area contributed by atoms with Gasteiger partial charge in [-0.15, -0.1) is 0 Å². The van der Waals surface area contributed by atoms with Crippen LogP contribution in [0, 0.1) is 28.6 Å². The number of hydrogen-bond donors (Lipinski definition) is 0. The number of benzene rings is 1. The lowest BCUT2D eigenvalue weighted by molar-refractivity contribution is 0.233. The minimum Gasteiger partial charge on any atom is -0.369 e. The fourth-order valence-corrected chi connectivity index (χ4v) is 2.57. The third-order valence-corrected chi connectivity index (χ3v) is 3.76. The molecule has 0 amide bonds. The fourth-order valence-electron chi connectivity index (χ4n) is 2.57. The zero-order chi connectivity index (χ0) is 14.2. The van der Waals surface area contributed by atoms with E-state index in [1.807, 2.05) is 6.07 Å². The fraction of sp³-hybridized carbons (Fsp3) is 0.500. The summed E-state index contributed by atoms with van der Waals surface area (Å²) in [5.74, 6) is -0.0158. The molecule has 1 aromatic rings. The van der Waals surface area contributed by atoms with Crippen molar-refractivity contribution in [2.75, 3.05) is 37.6 Å². The van der Waals surface area contributed by atoms with Gasteiger partial charge in [0, 0.05) is 44.8 Å². The van der Waals surface area contributed by atoms with E-state index in [1.165, 1.54) is 5.69 Å². The van der Waals surface area contributed by atoms with Crippen molar-refractivity contribution in [3.05, 3.63) is 30.3 Å². The van der Waals surface area contributed by atoms with Gasteiger partial charge in [-0.1, -0.05) is 18.2 Å². The molecule has 4 nitrogen and oxygen atoms in total. The lowest BCUT2D eigenvalue weighted by Gasteiger charge is -2.36. The van der Waals surface area contributed by atoms with Gasteiger partial charge in [-0.2, -0.15) is 10.5 Å². The second-order valence-corrected chi connectivity index (χ2v) is 5.15. The molecule has 0 bridgehead atoms. The summed E-state index contributed by atoms with van der Waals surface area (Å²) in [6, 6.07) is 14.9. The molecule has 1 aromatic carbocycles. The lowest BCUT2D eigenvalue weighted by atomic mass is 10.0. The molecule has 1 heterocycles. The maximum absolute atomic E-state index is 9.12. The summed E-state index contributed by atoms with van der Waals surface area (Å²) in [4.78, 5) is 4.72. The average molecular weight is 268 g/mol. The largest absolute Gasteiger partial charge is 0.369 e. The van der Waals surface area contributed by atoms with Crippen molar-refractivity contribution in [1.29, 1.82) is 10.5 Å². The predicted molar refractivity (Wildman–Crippen MR) is 79.0 cm³/mol. The number of hydrogen-bond acceptors (Lipinski definition) is 4. The highest BCUT2D eigenvalue weighted by atomic mass is 15.3. The van der Waals surface area contributed by atoms with Crippen LogP contribution in [0.2, 0.25) is 0 Å². The minimum atomic E-state index is -0.0158. The van der Waals surface area contributed by atoms with Crippen LogP contribution in [-0.2, 0) is 0 Å². The van der Waals surface area contributed by atoms with Gasteiger partial charge in [-0.3, -0.25) is 4.90 Å². The third kappa shape index (κ3) is 3.98. The number of piperazine rings is 1. The molecular formula is C16H20N4. The molecule has 0 radical (unpaired) electrons. The summed E-state index contributed by atoms with van der Waals surface area (Å²) < 4.78 is 0. The molecule has 1 fully saturated rings. The van der Waals surface area contributed by atoms with Gasteiger partial charge in [-0.25, -0.2) is 0 Å². The third-order valence-electron chi connectivity index (χ3n) is 3.76. The van der Waals surface area contributed by atoms with Gasteiger partial charge in [-0.05, 0) is 18.6 Å². The number of nitrogens with zero attached hydrogens (tertiary/aromatic N) is 4. The smallest absolute Gasteiger partial charge is 0.0669 e. The normalized spacial score (nSPS) is 17.2. The molecule has 2 rings (SSSR count). The Morgan fingerprint density at radius 2 is 1.75 bits per heavy atom. The van der Waals surface area contributed by atoms with E-state index in [9.17, 15) is 0 Å². The van der Waals surface area contributed by atoms with E-state index in [0.29, 0.717) is 12.8 Å². The first-order valence-electron chi connectivity index (χ1n) is 7.12. The van der Waals surface area contributed by atoms with Gasteiger partial charge in [0.1, 0.15) is 0 Å². The standard InChI is InChI=1S/C16H20N4/c17-8-4-5-15(13-18)14-19-9-11-20(12-10-19)16-6-2-1-3-7-16/h1-3,6-7,15H,4-5,9-12,14H2/t15-/m1/s1. The number of anilines is 1. The summed E-state index contributed by atoms with van der Waals surface area (Å²) in [6.07, 6.45) is 1.16. The van der Waals surface area contributed by atoms with Crippen molar-refractivity contribution >= 4 is 5.69 Å². The van der Waals surface area contributed by atoms with Crippen molar-refractivity contribution < 1.29 is 0 Å². The topological polar surface area (TPSA) is 54.1 Å². The van der Waals surface area contributed by atoms with Gasteiger partial charge in [0.25, 0.3) is 0 Å². The zero-order valence-corrected chi connectivity index (χ0v) is 11.7. The monoisotopic (exact) mass is 268 g/mol. The van der Waals surface area contributed by atoms with Crippen molar-refractivity contribution in [3.8, 4) is 12.1 Å². The van der Waals surface area contributed by atoms with E-state index < -0.39 is 0 Å². The lowest BCUT2D eigenvalue weighted by Crippen LogP contribution is -2.47. The number of para-hydroxylation sites is 1. The molecule has 20 heavy (non-hydrogen) atoms. The number of nitriles is 2. The molecule has 1 aliphatic heterocycles. The van der Waals surface area contributed by atoms with E-state index in [4.69, 9.17) is 10.5 Å². The molecule has 0 spiro atoms. The first-order valence-corrected chi connectivity index (χ1v) is 7.12. The Morgan fingerprint density at radius 3 is 2.35 bits per heavy atom. The molecule has 104 valence electrons. The Bertz CT molecular complexity index is 477.